The van der Waals surface area contributed by atoms with Gasteiger partial charge in [0.1, 0.15) is 0 Å². The van der Waals surface area contributed by atoms with Crippen molar-refractivity contribution in [3.05, 3.63) is 34.4 Å². The number of ether oxygens (including phenoxy) is 4. The van der Waals surface area contributed by atoms with E-state index in [2.05, 4.69) is 20.8 Å². The van der Waals surface area contributed by atoms with Gasteiger partial charge in [0.05, 0.1) is 14.2 Å². The average molecular weight is 463 g/mol. The molecule has 0 unspecified atom stereocenters. The Morgan fingerprint density at radius 2 is 1.27 bits per heavy atom. The number of hydrogen-bond donors (Lipinski definition) is 2. The van der Waals surface area contributed by atoms with Gasteiger partial charge < -0.3 is 29.2 Å². The molecule has 0 amide bonds. The number of carbonyl (C=O) groups excluding carboxylic acids is 2. The molecule has 0 saturated carbocycles. The molecule has 0 spiro atoms. The second kappa shape index (κ2) is 10.9. The van der Waals surface area contributed by atoms with Crippen molar-refractivity contribution in [3.8, 4) is 34.5 Å². The molecule has 2 rings (SSSR count). The van der Waals surface area contributed by atoms with Gasteiger partial charge in [0, 0.05) is 13.8 Å². The van der Waals surface area contributed by atoms with Gasteiger partial charge in [-0.05, 0) is 60.6 Å². The lowest BCUT2D eigenvalue weighted by Gasteiger charge is -2.24. The third-order valence-electron chi connectivity index (χ3n) is 4.93. The van der Waals surface area contributed by atoms with Crippen LogP contribution >= 0.6 is 0 Å². The molecule has 0 aliphatic rings. The number of esters is 2. The van der Waals surface area contributed by atoms with Crippen LogP contribution in [0.4, 0.5) is 0 Å². The average Bonchev–Trinajstić information content (AvgIpc) is 2.69. The van der Waals surface area contributed by atoms with Gasteiger partial charge in [-0.1, -0.05) is 20.8 Å². The molecular formula is C25H34O8. The van der Waals surface area contributed by atoms with Crippen LogP contribution in [0.1, 0.15) is 56.9 Å². The van der Waals surface area contributed by atoms with E-state index in [1.54, 1.807) is 21.0 Å². The van der Waals surface area contributed by atoms with Crippen LogP contribution < -0.4 is 18.9 Å². The number of carbonyl (C=O) groups is 2. The number of benzene rings is 2. The minimum absolute atomic E-state index is 0.0155. The molecule has 0 aliphatic heterocycles. The summed E-state index contributed by atoms with van der Waals surface area (Å²) in [6.07, 6.45) is 0. The zero-order valence-corrected chi connectivity index (χ0v) is 21.0. The third-order valence-corrected chi connectivity index (χ3v) is 4.93. The van der Waals surface area contributed by atoms with Crippen LogP contribution in [-0.4, -0.2) is 36.4 Å². The van der Waals surface area contributed by atoms with Crippen molar-refractivity contribution in [2.75, 3.05) is 14.2 Å². The zero-order chi connectivity index (χ0) is 25.7. The fourth-order valence-electron chi connectivity index (χ4n) is 3.25. The second-order valence-electron chi connectivity index (χ2n) is 8.56. The maximum Gasteiger partial charge on any atom is 0.308 e. The minimum atomic E-state index is -0.558. The second-order valence-corrected chi connectivity index (χ2v) is 8.56. The van der Waals surface area contributed by atoms with Crippen LogP contribution in [-0.2, 0) is 15.0 Å². The van der Waals surface area contributed by atoms with Gasteiger partial charge in [0.2, 0.25) is 11.5 Å². The van der Waals surface area contributed by atoms with Crippen LogP contribution in [0.3, 0.4) is 0 Å². The molecule has 182 valence electrons. The molecular weight excluding hydrogens is 428 g/mol. The van der Waals surface area contributed by atoms with Gasteiger partial charge in [-0.2, -0.15) is 0 Å². The van der Waals surface area contributed by atoms with E-state index in [0.717, 1.165) is 16.7 Å². The van der Waals surface area contributed by atoms with Crippen molar-refractivity contribution < 1.29 is 38.7 Å². The first-order valence-corrected chi connectivity index (χ1v) is 10.3. The normalized spacial score (nSPS) is 10.6. The first-order valence-electron chi connectivity index (χ1n) is 10.3. The highest BCUT2D eigenvalue weighted by Gasteiger charge is 2.23. The van der Waals surface area contributed by atoms with E-state index in [1.165, 1.54) is 27.0 Å². The number of phenolic OH excluding ortho intramolecular Hbond substituents is 2. The molecule has 8 heteroatoms. The summed E-state index contributed by atoms with van der Waals surface area (Å²) >= 11 is 0. The number of phenols is 2. The largest absolute Gasteiger partial charge is 0.502 e. The number of rotatable bonds is 4. The van der Waals surface area contributed by atoms with Gasteiger partial charge >= 0.3 is 11.9 Å². The van der Waals surface area contributed by atoms with Gasteiger partial charge in [0.25, 0.3) is 0 Å². The highest BCUT2D eigenvalue weighted by atomic mass is 16.6. The predicted molar refractivity (Wildman–Crippen MR) is 125 cm³/mol. The van der Waals surface area contributed by atoms with Crippen LogP contribution in [0.2, 0.25) is 0 Å². The van der Waals surface area contributed by atoms with Crippen molar-refractivity contribution in [2.24, 2.45) is 0 Å². The lowest BCUT2D eigenvalue weighted by molar-refractivity contribution is -0.132. The summed E-state index contributed by atoms with van der Waals surface area (Å²) in [4.78, 5) is 21.8. The first-order chi connectivity index (χ1) is 15.1. The molecule has 0 heterocycles. The Balaban J connectivity index is 0.000000331. The molecule has 2 aromatic carbocycles. The van der Waals surface area contributed by atoms with Gasteiger partial charge in [-0.15, -0.1) is 0 Å². The molecule has 0 radical (unpaired) electrons. The quantitative estimate of drug-likeness (QED) is 0.489. The minimum Gasteiger partial charge on any atom is -0.502 e. The summed E-state index contributed by atoms with van der Waals surface area (Å²) in [6.45, 7) is 14.2. The third kappa shape index (κ3) is 6.78. The number of hydrogen-bond acceptors (Lipinski definition) is 8. The lowest BCUT2D eigenvalue weighted by Crippen LogP contribution is -2.14. The molecule has 0 bridgehead atoms. The van der Waals surface area contributed by atoms with E-state index in [-0.39, 0.29) is 28.4 Å². The van der Waals surface area contributed by atoms with Gasteiger partial charge in [-0.25, -0.2) is 0 Å². The summed E-state index contributed by atoms with van der Waals surface area (Å²) in [5.41, 5.74) is 3.41. The molecule has 33 heavy (non-hydrogen) atoms. The van der Waals surface area contributed by atoms with Gasteiger partial charge in [-0.3, -0.25) is 9.59 Å². The van der Waals surface area contributed by atoms with E-state index in [1.807, 2.05) is 13.0 Å². The van der Waals surface area contributed by atoms with E-state index in [4.69, 9.17) is 18.9 Å². The molecule has 2 N–H and O–H groups in total. The number of methoxy groups -OCH3 is 2. The summed E-state index contributed by atoms with van der Waals surface area (Å²) in [5.74, 6) is -0.448. The van der Waals surface area contributed by atoms with Crippen molar-refractivity contribution in [1.82, 2.24) is 0 Å². The molecule has 2 aromatic rings. The topological polar surface area (TPSA) is 112 Å². The Bertz CT molecular complexity index is 1030. The SMILES string of the molecule is CC(=O)Oc1cc(C)c(C)c(OC(C)=O)c1O.COc1cc(C(C)(C)C)c(C)c(OC)c1O. The maximum absolute atomic E-state index is 10.9. The van der Waals surface area contributed by atoms with Crippen molar-refractivity contribution in [2.45, 2.75) is 60.8 Å². The van der Waals surface area contributed by atoms with E-state index in [0.29, 0.717) is 17.1 Å². The Labute approximate surface area is 195 Å². The van der Waals surface area contributed by atoms with Crippen molar-refractivity contribution in [3.63, 3.8) is 0 Å². The van der Waals surface area contributed by atoms with Crippen LogP contribution in [0, 0.1) is 20.8 Å². The van der Waals surface area contributed by atoms with E-state index >= 15 is 0 Å². The molecule has 0 fully saturated rings. The summed E-state index contributed by atoms with van der Waals surface area (Å²) in [7, 11) is 3.09. The number of aromatic hydroxyl groups is 2. The molecule has 0 aromatic heterocycles. The fourth-order valence-corrected chi connectivity index (χ4v) is 3.25. The molecule has 0 aliphatic carbocycles. The standard InChI is InChI=1S/C13H20O3.C12H14O5/c1-8-9(13(2,3)4)7-10(15-5)11(14)12(8)16-6;1-6-5-10(16-8(3)13)11(15)12(7(6)2)17-9(4)14/h7,14H,1-6H3;5,15H,1-4H3. The first kappa shape index (κ1) is 27.6. The highest BCUT2D eigenvalue weighted by molar-refractivity contribution is 5.75. The van der Waals surface area contributed by atoms with Gasteiger partial charge in [0.15, 0.2) is 23.0 Å². The van der Waals surface area contributed by atoms with Crippen LogP contribution in [0.5, 0.6) is 34.5 Å². The zero-order valence-electron chi connectivity index (χ0n) is 21.0. The summed E-state index contributed by atoms with van der Waals surface area (Å²) < 4.78 is 20.1. The molecule has 0 saturated heterocycles. The fraction of sp³-hybridized carbons (Fsp3) is 0.440. The van der Waals surface area contributed by atoms with Crippen LogP contribution in [0.25, 0.3) is 0 Å². The van der Waals surface area contributed by atoms with Crippen LogP contribution in [0.15, 0.2) is 12.1 Å². The highest BCUT2D eigenvalue weighted by Crippen LogP contribution is 2.44. The van der Waals surface area contributed by atoms with Crippen molar-refractivity contribution in [1.29, 1.82) is 0 Å². The van der Waals surface area contributed by atoms with Crippen molar-refractivity contribution >= 4 is 11.9 Å². The molecule has 8 nitrogen and oxygen atoms in total. The summed E-state index contributed by atoms with van der Waals surface area (Å²) in [6, 6.07) is 3.38. The Morgan fingerprint density at radius 3 is 1.70 bits per heavy atom. The monoisotopic (exact) mass is 462 g/mol. The summed E-state index contributed by atoms with van der Waals surface area (Å²) in [5, 5.41) is 19.7. The Morgan fingerprint density at radius 1 is 0.758 bits per heavy atom. The number of aryl methyl sites for hydroxylation is 1. The van der Waals surface area contributed by atoms with E-state index < -0.39 is 11.9 Å². The lowest BCUT2D eigenvalue weighted by atomic mass is 9.83. The smallest absolute Gasteiger partial charge is 0.308 e. The molecule has 0 atom stereocenters. The van der Waals surface area contributed by atoms with E-state index in [9.17, 15) is 19.8 Å². The maximum atomic E-state index is 10.9. The Kier molecular flexibility index (Phi) is 9.15. The Hall–Kier alpha value is -3.42. The predicted octanol–water partition coefficient (Wildman–Crippen LogP) is 4.87.